The van der Waals surface area contributed by atoms with Gasteiger partial charge in [0, 0.05) is 11.8 Å². The molecule has 1 N–H and O–H groups in total. The third-order valence-electron chi connectivity index (χ3n) is 2.53. The van der Waals surface area contributed by atoms with Crippen LogP contribution in [0.15, 0.2) is 36.4 Å². The molecule has 19 heavy (non-hydrogen) atoms. The predicted octanol–water partition coefficient (Wildman–Crippen LogP) is 4.10. The number of halogens is 2. The third kappa shape index (κ3) is 2.95. The second-order valence-corrected chi connectivity index (χ2v) is 4.19. The highest BCUT2D eigenvalue weighted by Crippen LogP contribution is 2.29. The van der Waals surface area contributed by atoms with Gasteiger partial charge in [-0.2, -0.15) is 5.26 Å². The summed E-state index contributed by atoms with van der Waals surface area (Å²) in [6.45, 7) is 0. The van der Waals surface area contributed by atoms with Crippen LogP contribution in [-0.4, -0.2) is 7.11 Å². The number of nitrogens with one attached hydrogen (secondary N) is 1. The normalized spacial score (nSPS) is 9.79. The summed E-state index contributed by atoms with van der Waals surface area (Å²) in [4.78, 5) is 0. The molecular formula is C14H10ClFN2O. The topological polar surface area (TPSA) is 45.0 Å². The lowest BCUT2D eigenvalue weighted by Gasteiger charge is -2.10. The number of rotatable bonds is 3. The molecule has 0 aliphatic rings. The maximum Gasteiger partial charge on any atom is 0.147 e. The van der Waals surface area contributed by atoms with Crippen molar-refractivity contribution in [3.05, 3.63) is 52.8 Å². The summed E-state index contributed by atoms with van der Waals surface area (Å²) in [6, 6.07) is 11.1. The summed E-state index contributed by atoms with van der Waals surface area (Å²) in [7, 11) is 1.51. The molecular weight excluding hydrogens is 267 g/mol. The number of benzene rings is 2. The molecule has 0 aromatic heterocycles. The van der Waals surface area contributed by atoms with E-state index in [1.165, 1.54) is 19.2 Å². The van der Waals surface area contributed by atoms with Crippen molar-refractivity contribution in [1.29, 1.82) is 5.26 Å². The molecule has 0 heterocycles. The van der Waals surface area contributed by atoms with E-state index in [1.807, 2.05) is 6.07 Å². The van der Waals surface area contributed by atoms with E-state index in [0.717, 1.165) is 0 Å². The van der Waals surface area contributed by atoms with E-state index in [4.69, 9.17) is 21.6 Å². The molecule has 0 unspecified atom stereocenters. The first-order valence-electron chi connectivity index (χ1n) is 5.44. The second-order valence-electron chi connectivity index (χ2n) is 3.78. The maximum absolute atomic E-state index is 13.7. The smallest absolute Gasteiger partial charge is 0.147 e. The highest BCUT2D eigenvalue weighted by molar-refractivity contribution is 6.32. The largest absolute Gasteiger partial charge is 0.495 e. The summed E-state index contributed by atoms with van der Waals surface area (Å²) in [5, 5.41) is 12.1. The molecule has 2 aromatic rings. The van der Waals surface area contributed by atoms with Crippen molar-refractivity contribution in [3.63, 3.8) is 0 Å². The van der Waals surface area contributed by atoms with Crippen molar-refractivity contribution in [2.45, 2.75) is 0 Å². The Morgan fingerprint density at radius 2 is 2.05 bits per heavy atom. The van der Waals surface area contributed by atoms with Gasteiger partial charge in [0.05, 0.1) is 29.5 Å². The lowest BCUT2D eigenvalue weighted by atomic mass is 10.2. The van der Waals surface area contributed by atoms with Gasteiger partial charge in [0.25, 0.3) is 0 Å². The van der Waals surface area contributed by atoms with E-state index in [1.54, 1.807) is 24.3 Å². The van der Waals surface area contributed by atoms with E-state index in [2.05, 4.69) is 5.32 Å². The molecule has 0 radical (unpaired) electrons. The third-order valence-corrected chi connectivity index (χ3v) is 2.84. The van der Waals surface area contributed by atoms with E-state index >= 15 is 0 Å². The molecule has 5 heteroatoms. The van der Waals surface area contributed by atoms with Crippen molar-refractivity contribution >= 4 is 23.0 Å². The fourth-order valence-corrected chi connectivity index (χ4v) is 1.77. The molecule has 0 spiro atoms. The molecule has 3 nitrogen and oxygen atoms in total. The van der Waals surface area contributed by atoms with E-state index in [0.29, 0.717) is 16.5 Å². The van der Waals surface area contributed by atoms with Gasteiger partial charge in [-0.15, -0.1) is 0 Å². The standard InChI is InChI=1S/C14H10ClFN2O/c1-19-14-7-10(3-4-11(14)15)18-13-5-2-9(8-17)6-12(13)16/h2-7,18H,1H3. The van der Waals surface area contributed by atoms with Gasteiger partial charge in [0.15, 0.2) is 0 Å². The number of hydrogen-bond donors (Lipinski definition) is 1. The van der Waals surface area contributed by atoms with Crippen LogP contribution in [0.5, 0.6) is 5.75 Å². The SMILES string of the molecule is COc1cc(Nc2ccc(C#N)cc2F)ccc1Cl. The fourth-order valence-electron chi connectivity index (χ4n) is 1.58. The summed E-state index contributed by atoms with van der Waals surface area (Å²) >= 11 is 5.91. The molecule has 96 valence electrons. The zero-order chi connectivity index (χ0) is 13.8. The molecule has 0 aliphatic carbocycles. The number of nitriles is 1. The Hall–Kier alpha value is -2.25. The number of ether oxygens (including phenoxy) is 1. The molecule has 2 aromatic carbocycles. The number of nitrogens with zero attached hydrogens (tertiary/aromatic N) is 1. The highest BCUT2D eigenvalue weighted by atomic mass is 35.5. The number of hydrogen-bond acceptors (Lipinski definition) is 3. The number of anilines is 2. The van der Waals surface area contributed by atoms with Crippen LogP contribution in [-0.2, 0) is 0 Å². The van der Waals surface area contributed by atoms with Crippen LogP contribution in [0.2, 0.25) is 5.02 Å². The summed E-state index contributed by atoms with van der Waals surface area (Å²) < 4.78 is 18.8. The van der Waals surface area contributed by atoms with Crippen LogP contribution >= 0.6 is 11.6 Å². The Morgan fingerprint density at radius 3 is 2.68 bits per heavy atom. The number of methoxy groups -OCH3 is 1. The minimum Gasteiger partial charge on any atom is -0.495 e. The molecule has 0 fully saturated rings. The van der Waals surface area contributed by atoms with Crippen molar-refractivity contribution in [1.82, 2.24) is 0 Å². The molecule has 0 saturated heterocycles. The van der Waals surface area contributed by atoms with Gasteiger partial charge in [0.2, 0.25) is 0 Å². The Balaban J connectivity index is 2.29. The summed E-state index contributed by atoms with van der Waals surface area (Å²) in [5.41, 5.74) is 1.20. The average molecular weight is 277 g/mol. The lowest BCUT2D eigenvalue weighted by molar-refractivity contribution is 0.415. The van der Waals surface area contributed by atoms with Gasteiger partial charge in [-0.1, -0.05) is 11.6 Å². The molecule has 0 atom stereocenters. The monoisotopic (exact) mass is 276 g/mol. The van der Waals surface area contributed by atoms with Crippen LogP contribution in [0.1, 0.15) is 5.56 Å². The van der Waals surface area contributed by atoms with Gasteiger partial charge >= 0.3 is 0 Å². The van der Waals surface area contributed by atoms with Crippen molar-refractivity contribution in [3.8, 4) is 11.8 Å². The Morgan fingerprint density at radius 1 is 1.26 bits per heavy atom. The first-order chi connectivity index (χ1) is 9.13. The van der Waals surface area contributed by atoms with E-state index < -0.39 is 5.82 Å². The van der Waals surface area contributed by atoms with Crippen LogP contribution in [0.25, 0.3) is 0 Å². The van der Waals surface area contributed by atoms with Crippen LogP contribution in [0.3, 0.4) is 0 Å². The van der Waals surface area contributed by atoms with Crippen LogP contribution < -0.4 is 10.1 Å². The molecule has 2 rings (SSSR count). The van der Waals surface area contributed by atoms with Gasteiger partial charge in [0.1, 0.15) is 11.6 Å². The molecule has 0 bridgehead atoms. The second kappa shape index (κ2) is 5.59. The molecule has 0 aliphatic heterocycles. The van der Waals surface area contributed by atoms with Gasteiger partial charge in [-0.05, 0) is 30.3 Å². The summed E-state index contributed by atoms with van der Waals surface area (Å²) in [5.74, 6) is 0.00804. The Labute approximate surface area is 115 Å². The van der Waals surface area contributed by atoms with Crippen LogP contribution in [0.4, 0.5) is 15.8 Å². The molecule has 0 saturated carbocycles. The fraction of sp³-hybridized carbons (Fsp3) is 0.0714. The van der Waals surface area contributed by atoms with Crippen molar-refractivity contribution in [2.75, 3.05) is 12.4 Å². The van der Waals surface area contributed by atoms with Crippen molar-refractivity contribution < 1.29 is 9.13 Å². The van der Waals surface area contributed by atoms with Crippen molar-refractivity contribution in [2.24, 2.45) is 0 Å². The minimum atomic E-state index is -0.493. The van der Waals surface area contributed by atoms with Gasteiger partial charge < -0.3 is 10.1 Å². The first kappa shape index (κ1) is 13.2. The zero-order valence-corrected chi connectivity index (χ0v) is 10.8. The van der Waals surface area contributed by atoms with Gasteiger partial charge in [-0.3, -0.25) is 0 Å². The van der Waals surface area contributed by atoms with E-state index in [9.17, 15) is 4.39 Å². The molecule has 0 amide bonds. The van der Waals surface area contributed by atoms with E-state index in [-0.39, 0.29) is 11.3 Å². The average Bonchev–Trinajstić information content (AvgIpc) is 2.43. The maximum atomic E-state index is 13.7. The summed E-state index contributed by atoms with van der Waals surface area (Å²) in [6.07, 6.45) is 0. The van der Waals surface area contributed by atoms with Gasteiger partial charge in [-0.25, -0.2) is 4.39 Å². The zero-order valence-electron chi connectivity index (χ0n) is 10.1. The predicted molar refractivity (Wildman–Crippen MR) is 72.4 cm³/mol. The minimum absolute atomic E-state index is 0.275. The quantitative estimate of drug-likeness (QED) is 0.918. The Kier molecular flexibility index (Phi) is 3.88. The van der Waals surface area contributed by atoms with Crippen LogP contribution in [0, 0.1) is 17.1 Å². The lowest BCUT2D eigenvalue weighted by Crippen LogP contribution is -1.95. The Bertz CT molecular complexity index is 652. The first-order valence-corrected chi connectivity index (χ1v) is 5.82. The highest BCUT2D eigenvalue weighted by Gasteiger charge is 2.06.